The SMILES string of the molecule is CCCCCCCCCc1c(O)cccc1CC(C)C. The second-order valence-corrected chi connectivity index (χ2v) is 6.38. The molecule has 0 aromatic heterocycles. The van der Waals surface area contributed by atoms with Crippen LogP contribution < -0.4 is 0 Å². The molecule has 20 heavy (non-hydrogen) atoms. The highest BCUT2D eigenvalue weighted by Crippen LogP contribution is 2.25. The number of aromatic hydroxyl groups is 1. The van der Waals surface area contributed by atoms with Gasteiger partial charge in [-0.3, -0.25) is 0 Å². The Kier molecular flexibility index (Phi) is 8.41. The highest BCUT2D eigenvalue weighted by atomic mass is 16.3. The summed E-state index contributed by atoms with van der Waals surface area (Å²) in [4.78, 5) is 0. The van der Waals surface area contributed by atoms with E-state index in [1.54, 1.807) is 0 Å². The van der Waals surface area contributed by atoms with Gasteiger partial charge in [0.05, 0.1) is 0 Å². The maximum absolute atomic E-state index is 10.1. The molecule has 0 amide bonds. The average molecular weight is 276 g/mol. The molecule has 0 fully saturated rings. The van der Waals surface area contributed by atoms with Crippen molar-refractivity contribution in [2.45, 2.75) is 78.6 Å². The van der Waals surface area contributed by atoms with Gasteiger partial charge in [0.25, 0.3) is 0 Å². The molecule has 0 aliphatic heterocycles. The first-order valence-electron chi connectivity index (χ1n) is 8.44. The van der Waals surface area contributed by atoms with Crippen LogP contribution in [-0.4, -0.2) is 5.11 Å². The highest BCUT2D eigenvalue weighted by Gasteiger charge is 2.08. The lowest BCUT2D eigenvalue weighted by Crippen LogP contribution is -2.00. The first-order valence-corrected chi connectivity index (χ1v) is 8.44. The largest absolute Gasteiger partial charge is 0.508 e. The third-order valence-electron chi connectivity index (χ3n) is 3.91. The molecule has 0 bridgehead atoms. The molecule has 0 atom stereocenters. The molecule has 0 saturated heterocycles. The van der Waals surface area contributed by atoms with Gasteiger partial charge in [-0.15, -0.1) is 0 Å². The molecule has 1 N–H and O–H groups in total. The average Bonchev–Trinajstić information content (AvgIpc) is 2.40. The van der Waals surface area contributed by atoms with Gasteiger partial charge >= 0.3 is 0 Å². The van der Waals surface area contributed by atoms with Crippen molar-refractivity contribution in [3.05, 3.63) is 29.3 Å². The summed E-state index contributed by atoms with van der Waals surface area (Å²) in [5.74, 6) is 1.14. The minimum absolute atomic E-state index is 0.495. The summed E-state index contributed by atoms with van der Waals surface area (Å²) < 4.78 is 0. The first-order chi connectivity index (χ1) is 9.65. The Morgan fingerprint density at radius 1 is 0.950 bits per heavy atom. The molecule has 0 saturated carbocycles. The topological polar surface area (TPSA) is 20.2 Å². The van der Waals surface area contributed by atoms with Crippen LogP contribution in [0.1, 0.15) is 76.8 Å². The van der Waals surface area contributed by atoms with E-state index in [4.69, 9.17) is 0 Å². The van der Waals surface area contributed by atoms with E-state index in [1.807, 2.05) is 12.1 Å². The zero-order valence-corrected chi connectivity index (χ0v) is 13.6. The number of phenols is 1. The summed E-state index contributed by atoms with van der Waals surface area (Å²) >= 11 is 0. The molecular formula is C19H32O. The summed E-state index contributed by atoms with van der Waals surface area (Å²) in [5.41, 5.74) is 2.53. The lowest BCUT2D eigenvalue weighted by molar-refractivity contribution is 0.463. The van der Waals surface area contributed by atoms with Crippen molar-refractivity contribution in [2.75, 3.05) is 0 Å². The molecule has 1 aromatic rings. The van der Waals surface area contributed by atoms with Crippen molar-refractivity contribution in [1.29, 1.82) is 0 Å². The summed E-state index contributed by atoms with van der Waals surface area (Å²) in [6, 6.07) is 5.98. The molecule has 1 rings (SSSR count). The summed E-state index contributed by atoms with van der Waals surface area (Å²) in [6.07, 6.45) is 11.4. The number of hydrogen-bond donors (Lipinski definition) is 1. The van der Waals surface area contributed by atoms with Crippen LogP contribution in [-0.2, 0) is 12.8 Å². The van der Waals surface area contributed by atoms with Gasteiger partial charge < -0.3 is 5.11 Å². The maximum Gasteiger partial charge on any atom is 0.119 e. The van der Waals surface area contributed by atoms with Crippen molar-refractivity contribution < 1.29 is 5.11 Å². The molecule has 0 heterocycles. The van der Waals surface area contributed by atoms with Gasteiger partial charge in [0, 0.05) is 0 Å². The number of unbranched alkanes of at least 4 members (excludes halogenated alkanes) is 6. The van der Waals surface area contributed by atoms with Gasteiger partial charge in [0.2, 0.25) is 0 Å². The Morgan fingerprint density at radius 3 is 2.25 bits per heavy atom. The van der Waals surface area contributed by atoms with Gasteiger partial charge in [-0.1, -0.05) is 71.4 Å². The van der Waals surface area contributed by atoms with Crippen LogP contribution in [0.3, 0.4) is 0 Å². The quantitative estimate of drug-likeness (QED) is 0.529. The Morgan fingerprint density at radius 2 is 1.60 bits per heavy atom. The minimum atomic E-state index is 0.495. The van der Waals surface area contributed by atoms with Crippen LogP contribution >= 0.6 is 0 Å². The van der Waals surface area contributed by atoms with Crippen molar-refractivity contribution in [2.24, 2.45) is 5.92 Å². The van der Waals surface area contributed by atoms with Crippen LogP contribution in [0.2, 0.25) is 0 Å². The molecule has 0 aliphatic carbocycles. The van der Waals surface area contributed by atoms with Gasteiger partial charge in [0.1, 0.15) is 5.75 Å². The van der Waals surface area contributed by atoms with Gasteiger partial charge in [-0.05, 0) is 42.4 Å². The van der Waals surface area contributed by atoms with Crippen LogP contribution in [0, 0.1) is 5.92 Å². The van der Waals surface area contributed by atoms with Gasteiger partial charge in [-0.25, -0.2) is 0 Å². The third kappa shape index (κ3) is 6.45. The Labute approximate surface area is 125 Å². The number of phenolic OH excluding ortho intramolecular Hbond substituents is 1. The van der Waals surface area contributed by atoms with Crippen molar-refractivity contribution >= 4 is 0 Å². The number of hydrogen-bond acceptors (Lipinski definition) is 1. The predicted molar refractivity (Wildman–Crippen MR) is 88.3 cm³/mol. The van der Waals surface area contributed by atoms with Crippen LogP contribution in [0.5, 0.6) is 5.75 Å². The molecule has 1 nitrogen and oxygen atoms in total. The van der Waals surface area contributed by atoms with Crippen LogP contribution in [0.25, 0.3) is 0 Å². The smallest absolute Gasteiger partial charge is 0.119 e. The summed E-state index contributed by atoms with van der Waals surface area (Å²) in [6.45, 7) is 6.73. The molecule has 0 aliphatic rings. The molecule has 1 heteroatoms. The molecule has 0 radical (unpaired) electrons. The van der Waals surface area contributed by atoms with E-state index in [1.165, 1.54) is 56.1 Å². The summed E-state index contributed by atoms with van der Waals surface area (Å²) in [7, 11) is 0. The maximum atomic E-state index is 10.1. The van der Waals surface area contributed by atoms with Gasteiger partial charge in [-0.2, -0.15) is 0 Å². The second-order valence-electron chi connectivity index (χ2n) is 6.38. The van der Waals surface area contributed by atoms with Crippen molar-refractivity contribution in [1.82, 2.24) is 0 Å². The highest BCUT2D eigenvalue weighted by molar-refractivity contribution is 5.39. The number of benzene rings is 1. The van der Waals surface area contributed by atoms with Crippen LogP contribution in [0.15, 0.2) is 18.2 Å². The standard InChI is InChI=1S/C19H32O/c1-4-5-6-7-8-9-10-13-18-17(15-16(2)3)12-11-14-19(18)20/h11-12,14,16,20H,4-10,13,15H2,1-3H3. The van der Waals surface area contributed by atoms with E-state index >= 15 is 0 Å². The normalized spacial score (nSPS) is 11.2. The van der Waals surface area contributed by atoms with E-state index in [-0.39, 0.29) is 0 Å². The van der Waals surface area contributed by atoms with Crippen molar-refractivity contribution in [3.63, 3.8) is 0 Å². The minimum Gasteiger partial charge on any atom is -0.508 e. The molecule has 0 unspecified atom stereocenters. The van der Waals surface area contributed by atoms with E-state index in [2.05, 4.69) is 26.8 Å². The fourth-order valence-electron chi connectivity index (χ4n) is 2.80. The van der Waals surface area contributed by atoms with Gasteiger partial charge in [0.15, 0.2) is 0 Å². The third-order valence-corrected chi connectivity index (χ3v) is 3.91. The van der Waals surface area contributed by atoms with Crippen molar-refractivity contribution in [3.8, 4) is 5.75 Å². The fraction of sp³-hybridized carbons (Fsp3) is 0.684. The van der Waals surface area contributed by atoms with Crippen LogP contribution in [0.4, 0.5) is 0 Å². The van der Waals surface area contributed by atoms with E-state index in [0.29, 0.717) is 11.7 Å². The van der Waals surface area contributed by atoms with E-state index in [9.17, 15) is 5.11 Å². The molecule has 0 spiro atoms. The Hall–Kier alpha value is -0.980. The van der Waals surface area contributed by atoms with E-state index in [0.717, 1.165) is 12.8 Å². The second kappa shape index (κ2) is 9.85. The fourth-order valence-corrected chi connectivity index (χ4v) is 2.80. The monoisotopic (exact) mass is 276 g/mol. The molecule has 114 valence electrons. The molecular weight excluding hydrogens is 244 g/mol. The Balaban J connectivity index is 2.38. The first kappa shape index (κ1) is 17.1. The zero-order valence-electron chi connectivity index (χ0n) is 13.6. The van der Waals surface area contributed by atoms with E-state index < -0.39 is 0 Å². The predicted octanol–water partition coefficient (Wildman–Crippen LogP) is 5.88. The zero-order chi connectivity index (χ0) is 14.8. The lowest BCUT2D eigenvalue weighted by Gasteiger charge is -2.13. The lowest BCUT2D eigenvalue weighted by atomic mass is 9.94. The Bertz CT molecular complexity index is 368. The molecule has 1 aromatic carbocycles. The summed E-state index contributed by atoms with van der Waals surface area (Å²) in [5, 5.41) is 10.1. The number of rotatable bonds is 10.